The molecule has 19 heavy (non-hydrogen) atoms. The van der Waals surface area contributed by atoms with Crippen LogP contribution in [0.25, 0.3) is 0 Å². The zero-order valence-corrected chi connectivity index (χ0v) is 9.85. The Bertz CT molecular complexity index is 677. The van der Waals surface area contributed by atoms with E-state index in [0.717, 1.165) is 0 Å². The van der Waals surface area contributed by atoms with Crippen LogP contribution < -0.4 is 11.1 Å². The summed E-state index contributed by atoms with van der Waals surface area (Å²) in [4.78, 5) is 11.9. The van der Waals surface area contributed by atoms with E-state index in [2.05, 4.69) is 5.32 Å². The number of amides is 1. The summed E-state index contributed by atoms with van der Waals surface area (Å²) in [6, 6.07) is 12.4. The number of carbonyl (C=O) groups is 1. The topological polar surface area (TPSA) is 78.9 Å². The maximum atomic E-state index is 13.2. The van der Waals surface area contributed by atoms with E-state index in [1.54, 1.807) is 18.2 Å². The molecule has 0 unspecified atom stereocenters. The van der Waals surface area contributed by atoms with Gasteiger partial charge in [0.15, 0.2) is 0 Å². The third-order valence-corrected chi connectivity index (χ3v) is 2.55. The molecule has 4 nitrogen and oxygen atoms in total. The Labute approximate surface area is 109 Å². The second kappa shape index (κ2) is 5.19. The van der Waals surface area contributed by atoms with Gasteiger partial charge in [0, 0.05) is 5.69 Å². The maximum absolute atomic E-state index is 13.2. The lowest BCUT2D eigenvalue weighted by Gasteiger charge is -2.08. The molecule has 0 saturated carbocycles. The number of anilines is 2. The summed E-state index contributed by atoms with van der Waals surface area (Å²) in [5.41, 5.74) is 6.24. The van der Waals surface area contributed by atoms with Crippen molar-refractivity contribution in [2.45, 2.75) is 0 Å². The van der Waals surface area contributed by atoms with E-state index >= 15 is 0 Å². The van der Waals surface area contributed by atoms with Crippen LogP contribution in [0.1, 0.15) is 15.9 Å². The molecule has 0 aliphatic heterocycles. The molecular formula is C14H10FN3O. The molecule has 0 heterocycles. The van der Waals surface area contributed by atoms with Gasteiger partial charge in [-0.1, -0.05) is 12.1 Å². The molecule has 0 aliphatic carbocycles. The third-order valence-electron chi connectivity index (χ3n) is 2.55. The molecule has 0 spiro atoms. The van der Waals surface area contributed by atoms with Crippen LogP contribution >= 0.6 is 0 Å². The van der Waals surface area contributed by atoms with Gasteiger partial charge in [0.1, 0.15) is 5.82 Å². The molecular weight excluding hydrogens is 245 g/mol. The predicted molar refractivity (Wildman–Crippen MR) is 69.9 cm³/mol. The second-order valence-electron chi connectivity index (χ2n) is 3.85. The molecule has 2 aromatic rings. The van der Waals surface area contributed by atoms with Crippen LogP contribution in [-0.4, -0.2) is 5.91 Å². The fourth-order valence-electron chi connectivity index (χ4n) is 1.60. The molecule has 0 aliphatic rings. The van der Waals surface area contributed by atoms with Crippen LogP contribution in [-0.2, 0) is 0 Å². The highest BCUT2D eigenvalue weighted by atomic mass is 19.1. The molecule has 5 heteroatoms. The average Bonchev–Trinajstić information content (AvgIpc) is 2.42. The van der Waals surface area contributed by atoms with E-state index in [-0.39, 0.29) is 11.3 Å². The van der Waals surface area contributed by atoms with Gasteiger partial charge in [-0.2, -0.15) is 5.26 Å². The minimum absolute atomic E-state index is 0.0577. The molecule has 0 saturated heterocycles. The highest BCUT2D eigenvalue weighted by Gasteiger charge is 2.12. The van der Waals surface area contributed by atoms with E-state index in [9.17, 15) is 9.18 Å². The first-order chi connectivity index (χ1) is 9.11. The Balaban J connectivity index is 2.26. The van der Waals surface area contributed by atoms with E-state index in [1.807, 2.05) is 6.07 Å². The van der Waals surface area contributed by atoms with Gasteiger partial charge >= 0.3 is 0 Å². The Hall–Kier alpha value is -2.87. The van der Waals surface area contributed by atoms with Crippen molar-refractivity contribution in [2.24, 2.45) is 0 Å². The number of rotatable bonds is 2. The van der Waals surface area contributed by atoms with E-state index in [4.69, 9.17) is 11.0 Å². The van der Waals surface area contributed by atoms with E-state index < -0.39 is 11.7 Å². The zero-order valence-electron chi connectivity index (χ0n) is 9.85. The van der Waals surface area contributed by atoms with Gasteiger partial charge in [-0.05, 0) is 30.3 Å². The van der Waals surface area contributed by atoms with Crippen LogP contribution in [0, 0.1) is 17.1 Å². The lowest BCUT2D eigenvalue weighted by atomic mass is 10.1. The van der Waals surface area contributed by atoms with Crippen LogP contribution in [0.3, 0.4) is 0 Å². The summed E-state index contributed by atoms with van der Waals surface area (Å²) in [5.74, 6) is -1.16. The number of carbonyl (C=O) groups excluding carboxylic acids is 1. The minimum Gasteiger partial charge on any atom is -0.396 e. The summed E-state index contributed by atoms with van der Waals surface area (Å²) < 4.78 is 13.2. The summed E-state index contributed by atoms with van der Waals surface area (Å²) in [6.45, 7) is 0. The standard InChI is InChI=1S/C14H10FN3O/c15-12-6-2-5-11(13(12)17)14(19)18-10-4-1-3-9(7-10)8-16/h1-7H,17H2,(H,18,19). The van der Waals surface area contributed by atoms with Crippen molar-refractivity contribution in [3.63, 3.8) is 0 Å². The number of hydrogen-bond donors (Lipinski definition) is 2. The normalized spacial score (nSPS) is 9.68. The van der Waals surface area contributed by atoms with E-state index in [1.165, 1.54) is 24.3 Å². The summed E-state index contributed by atoms with van der Waals surface area (Å²) in [6.07, 6.45) is 0. The minimum atomic E-state index is -0.640. The van der Waals surface area contributed by atoms with Crippen molar-refractivity contribution in [3.8, 4) is 6.07 Å². The number of nitrogens with one attached hydrogen (secondary N) is 1. The van der Waals surface area contributed by atoms with Crippen molar-refractivity contribution in [3.05, 3.63) is 59.4 Å². The van der Waals surface area contributed by atoms with Crippen LogP contribution in [0.2, 0.25) is 0 Å². The number of benzene rings is 2. The zero-order chi connectivity index (χ0) is 13.8. The number of nitrogens with two attached hydrogens (primary N) is 1. The molecule has 0 radical (unpaired) electrons. The Morgan fingerprint density at radius 1 is 1.26 bits per heavy atom. The lowest BCUT2D eigenvalue weighted by molar-refractivity contribution is 0.102. The second-order valence-corrected chi connectivity index (χ2v) is 3.85. The van der Waals surface area contributed by atoms with Crippen molar-refractivity contribution < 1.29 is 9.18 Å². The number of halogens is 1. The molecule has 0 bridgehead atoms. The molecule has 94 valence electrons. The van der Waals surface area contributed by atoms with Crippen molar-refractivity contribution in [1.29, 1.82) is 5.26 Å². The van der Waals surface area contributed by atoms with Crippen LogP contribution in [0.15, 0.2) is 42.5 Å². The van der Waals surface area contributed by atoms with Crippen LogP contribution in [0.5, 0.6) is 0 Å². The molecule has 0 fully saturated rings. The first-order valence-corrected chi connectivity index (χ1v) is 5.47. The number of nitrogens with zero attached hydrogens (tertiary/aromatic N) is 1. The number of para-hydroxylation sites is 1. The first kappa shape index (κ1) is 12.6. The van der Waals surface area contributed by atoms with Gasteiger partial charge in [0.05, 0.1) is 22.9 Å². The van der Waals surface area contributed by atoms with Gasteiger partial charge in [-0.3, -0.25) is 4.79 Å². The molecule has 0 atom stereocenters. The summed E-state index contributed by atoms with van der Waals surface area (Å²) in [7, 11) is 0. The Kier molecular flexibility index (Phi) is 3.44. The van der Waals surface area contributed by atoms with E-state index in [0.29, 0.717) is 11.3 Å². The Morgan fingerprint density at radius 2 is 2.00 bits per heavy atom. The van der Waals surface area contributed by atoms with Gasteiger partial charge in [0.25, 0.3) is 5.91 Å². The van der Waals surface area contributed by atoms with Gasteiger partial charge in [-0.15, -0.1) is 0 Å². The highest BCUT2D eigenvalue weighted by Crippen LogP contribution is 2.18. The molecule has 1 amide bonds. The van der Waals surface area contributed by atoms with Crippen molar-refractivity contribution in [1.82, 2.24) is 0 Å². The number of nitrogen functional groups attached to an aromatic ring is 1. The lowest BCUT2D eigenvalue weighted by Crippen LogP contribution is -2.14. The summed E-state index contributed by atoms with van der Waals surface area (Å²) in [5, 5.41) is 11.3. The van der Waals surface area contributed by atoms with Crippen molar-refractivity contribution in [2.75, 3.05) is 11.1 Å². The maximum Gasteiger partial charge on any atom is 0.257 e. The predicted octanol–water partition coefficient (Wildman–Crippen LogP) is 2.53. The van der Waals surface area contributed by atoms with Crippen LogP contribution in [0.4, 0.5) is 15.8 Å². The highest BCUT2D eigenvalue weighted by molar-refractivity contribution is 6.07. The third kappa shape index (κ3) is 2.69. The fraction of sp³-hybridized carbons (Fsp3) is 0. The van der Waals surface area contributed by atoms with Gasteiger partial charge in [-0.25, -0.2) is 4.39 Å². The fourth-order valence-corrected chi connectivity index (χ4v) is 1.60. The smallest absolute Gasteiger partial charge is 0.257 e. The van der Waals surface area contributed by atoms with Gasteiger partial charge < -0.3 is 11.1 Å². The summed E-state index contributed by atoms with van der Waals surface area (Å²) >= 11 is 0. The molecule has 2 aromatic carbocycles. The first-order valence-electron chi connectivity index (χ1n) is 5.47. The number of hydrogen-bond acceptors (Lipinski definition) is 3. The molecule has 0 aromatic heterocycles. The Morgan fingerprint density at radius 3 is 2.74 bits per heavy atom. The van der Waals surface area contributed by atoms with Gasteiger partial charge in [0.2, 0.25) is 0 Å². The van der Waals surface area contributed by atoms with Crippen molar-refractivity contribution >= 4 is 17.3 Å². The SMILES string of the molecule is N#Cc1cccc(NC(=O)c2cccc(F)c2N)c1. The monoisotopic (exact) mass is 255 g/mol. The largest absolute Gasteiger partial charge is 0.396 e. The molecule has 2 rings (SSSR count). The molecule has 3 N–H and O–H groups in total. The average molecular weight is 255 g/mol. The number of nitriles is 1. The quantitative estimate of drug-likeness (QED) is 0.809.